The van der Waals surface area contributed by atoms with Crippen molar-refractivity contribution in [3.63, 3.8) is 0 Å². The second kappa shape index (κ2) is 4.93. The molecular weight excluding hydrogens is 212 g/mol. The summed E-state index contributed by atoms with van der Waals surface area (Å²) in [6, 6.07) is 2.48. The Kier molecular flexibility index (Phi) is 3.15. The van der Waals surface area contributed by atoms with Crippen LogP contribution in [-0.2, 0) is 0 Å². The van der Waals surface area contributed by atoms with Gasteiger partial charge in [0.2, 0.25) is 5.76 Å². The van der Waals surface area contributed by atoms with Gasteiger partial charge >= 0.3 is 0 Å². The molecule has 0 N–H and O–H groups in total. The van der Waals surface area contributed by atoms with Gasteiger partial charge in [-0.25, -0.2) is 0 Å². The van der Waals surface area contributed by atoms with Crippen molar-refractivity contribution in [2.24, 2.45) is 5.92 Å². The Bertz CT molecular complexity index is 411. The highest BCUT2D eigenvalue weighted by molar-refractivity contribution is 5.23. The summed E-state index contributed by atoms with van der Waals surface area (Å²) in [6.07, 6.45) is 8.13. The first-order chi connectivity index (χ1) is 8.42. The van der Waals surface area contributed by atoms with E-state index in [9.17, 15) is 0 Å². The summed E-state index contributed by atoms with van der Waals surface area (Å²) in [5.41, 5.74) is 0. The molecule has 3 unspecified atom stereocenters. The van der Waals surface area contributed by atoms with E-state index < -0.39 is 0 Å². The van der Waals surface area contributed by atoms with Crippen molar-refractivity contribution in [2.75, 3.05) is 13.1 Å². The van der Waals surface area contributed by atoms with Crippen molar-refractivity contribution in [1.82, 2.24) is 10.1 Å². The van der Waals surface area contributed by atoms with E-state index in [2.05, 4.69) is 21.9 Å². The quantitative estimate of drug-likeness (QED) is 0.693. The van der Waals surface area contributed by atoms with E-state index in [0.717, 1.165) is 12.3 Å². The molecule has 3 aliphatic heterocycles. The molecule has 0 aromatic carbocycles. The molecule has 90 valence electrons. The molecule has 17 heavy (non-hydrogen) atoms. The average molecular weight is 230 g/mol. The lowest BCUT2D eigenvalue weighted by atomic mass is 9.89. The maximum absolute atomic E-state index is 4.97. The second-order valence-electron chi connectivity index (χ2n) is 5.11. The number of fused-ring (bicyclic) bond motifs is 4. The van der Waals surface area contributed by atoms with Crippen molar-refractivity contribution in [1.29, 1.82) is 0 Å². The molecule has 1 aromatic rings. The van der Waals surface area contributed by atoms with Crippen LogP contribution in [-0.4, -0.2) is 29.2 Å². The highest BCUT2D eigenvalue weighted by atomic mass is 16.5. The molecule has 3 heteroatoms. The molecular formula is C14H18N2O. The Labute approximate surface area is 102 Å². The lowest BCUT2D eigenvalue weighted by molar-refractivity contribution is 0.146. The van der Waals surface area contributed by atoms with Gasteiger partial charge in [0, 0.05) is 18.5 Å². The van der Waals surface area contributed by atoms with Crippen LogP contribution in [0.25, 0.3) is 0 Å². The van der Waals surface area contributed by atoms with Crippen molar-refractivity contribution in [3.8, 4) is 11.8 Å². The van der Waals surface area contributed by atoms with Crippen LogP contribution < -0.4 is 0 Å². The van der Waals surface area contributed by atoms with E-state index in [1.54, 1.807) is 6.20 Å². The zero-order valence-electron chi connectivity index (χ0n) is 10.1. The van der Waals surface area contributed by atoms with Gasteiger partial charge < -0.3 is 4.52 Å². The molecule has 1 aromatic heterocycles. The maximum Gasteiger partial charge on any atom is 0.209 e. The van der Waals surface area contributed by atoms with Crippen molar-refractivity contribution in [3.05, 3.63) is 18.0 Å². The van der Waals surface area contributed by atoms with Crippen molar-refractivity contribution < 1.29 is 4.52 Å². The Morgan fingerprint density at radius 1 is 1.41 bits per heavy atom. The maximum atomic E-state index is 4.97. The van der Waals surface area contributed by atoms with Gasteiger partial charge in [0.25, 0.3) is 0 Å². The molecule has 3 aliphatic rings. The minimum atomic E-state index is 0.673. The molecule has 4 heterocycles. The minimum absolute atomic E-state index is 0.673. The summed E-state index contributed by atoms with van der Waals surface area (Å²) in [6.45, 7) is 2.55. The van der Waals surface area contributed by atoms with Gasteiger partial charge in [-0.05, 0) is 50.6 Å². The molecule has 3 fully saturated rings. The first-order valence-electron chi connectivity index (χ1n) is 6.55. The Morgan fingerprint density at radius 3 is 3.29 bits per heavy atom. The number of aromatic nitrogens is 1. The Hall–Kier alpha value is -1.27. The third kappa shape index (κ3) is 2.53. The topological polar surface area (TPSA) is 29.3 Å². The van der Waals surface area contributed by atoms with E-state index >= 15 is 0 Å². The van der Waals surface area contributed by atoms with Crippen LogP contribution >= 0.6 is 0 Å². The lowest BCUT2D eigenvalue weighted by Crippen LogP contribution is -2.39. The number of nitrogens with zero attached hydrogens (tertiary/aromatic N) is 2. The normalized spacial score (nSPS) is 31.6. The van der Waals surface area contributed by atoms with E-state index in [4.69, 9.17) is 4.52 Å². The highest BCUT2D eigenvalue weighted by Gasteiger charge is 2.30. The lowest BCUT2D eigenvalue weighted by Gasteiger charge is -2.34. The van der Waals surface area contributed by atoms with Crippen molar-refractivity contribution in [2.45, 2.75) is 38.1 Å². The van der Waals surface area contributed by atoms with E-state index in [0.29, 0.717) is 11.8 Å². The summed E-state index contributed by atoms with van der Waals surface area (Å²) in [4.78, 5) is 2.62. The molecule has 0 amide bonds. The Morgan fingerprint density at radius 2 is 2.41 bits per heavy atom. The van der Waals surface area contributed by atoms with Gasteiger partial charge in [-0.2, -0.15) is 0 Å². The number of piperidine rings is 1. The fraction of sp³-hybridized carbons (Fsp3) is 0.643. The van der Waals surface area contributed by atoms with E-state index in [1.165, 1.54) is 38.8 Å². The fourth-order valence-electron chi connectivity index (χ4n) is 3.07. The number of rotatable bonds is 1. The van der Waals surface area contributed by atoms with E-state index in [1.807, 2.05) is 6.07 Å². The van der Waals surface area contributed by atoms with Crippen LogP contribution in [0.1, 0.15) is 37.9 Å². The largest absolute Gasteiger partial charge is 0.348 e. The van der Waals surface area contributed by atoms with Crippen LogP contribution in [0.2, 0.25) is 0 Å². The molecule has 0 saturated carbocycles. The predicted octanol–water partition coefficient (Wildman–Crippen LogP) is 2.29. The molecule has 2 bridgehead atoms. The van der Waals surface area contributed by atoms with Crippen LogP contribution in [0.5, 0.6) is 0 Å². The molecule has 0 aliphatic carbocycles. The molecule has 0 spiro atoms. The summed E-state index contributed by atoms with van der Waals surface area (Å²) in [5, 5.41) is 3.65. The predicted molar refractivity (Wildman–Crippen MR) is 65.3 cm³/mol. The van der Waals surface area contributed by atoms with Gasteiger partial charge in [0.05, 0.1) is 6.20 Å². The summed E-state index contributed by atoms with van der Waals surface area (Å²) >= 11 is 0. The van der Waals surface area contributed by atoms with E-state index in [-0.39, 0.29) is 0 Å². The smallest absolute Gasteiger partial charge is 0.209 e. The zero-order chi connectivity index (χ0) is 11.5. The number of hydrogen-bond donors (Lipinski definition) is 0. The molecule has 3 saturated heterocycles. The monoisotopic (exact) mass is 230 g/mol. The standard InChI is InChI=1S/C14H18N2O/c1(5-14-6-8-15-17-14)4-13-11-12-3-2-9-16(13)10-7-12/h6,8,12-13H,2-4,7,9-11H2. The van der Waals surface area contributed by atoms with Gasteiger partial charge in [-0.3, -0.25) is 4.90 Å². The molecule has 3 nitrogen and oxygen atoms in total. The molecule has 3 atom stereocenters. The van der Waals surface area contributed by atoms with Gasteiger partial charge in [0.1, 0.15) is 0 Å². The zero-order valence-corrected chi connectivity index (χ0v) is 10.1. The van der Waals surface area contributed by atoms with Crippen molar-refractivity contribution >= 4 is 0 Å². The molecule has 4 rings (SSSR count). The minimum Gasteiger partial charge on any atom is -0.348 e. The van der Waals surface area contributed by atoms with Crippen LogP contribution in [0.4, 0.5) is 0 Å². The summed E-state index contributed by atoms with van der Waals surface area (Å²) < 4.78 is 4.97. The second-order valence-corrected chi connectivity index (χ2v) is 5.11. The van der Waals surface area contributed by atoms with Gasteiger partial charge in [-0.15, -0.1) is 0 Å². The first kappa shape index (κ1) is 10.9. The van der Waals surface area contributed by atoms with Crippen LogP contribution in [0, 0.1) is 17.8 Å². The van der Waals surface area contributed by atoms with Crippen LogP contribution in [0.3, 0.4) is 0 Å². The highest BCUT2D eigenvalue weighted by Crippen LogP contribution is 2.31. The summed E-state index contributed by atoms with van der Waals surface area (Å²) in [5.74, 6) is 7.92. The van der Waals surface area contributed by atoms with Gasteiger partial charge in [-0.1, -0.05) is 11.1 Å². The first-order valence-corrected chi connectivity index (χ1v) is 6.55. The fourth-order valence-corrected chi connectivity index (χ4v) is 3.07. The average Bonchev–Trinajstić information content (AvgIpc) is 2.66. The number of hydrogen-bond acceptors (Lipinski definition) is 3. The van der Waals surface area contributed by atoms with Gasteiger partial charge in [0.15, 0.2) is 0 Å². The SMILES string of the molecule is C(#Cc1ccno1)CC1CC2CCCN1CC2. The molecule has 0 radical (unpaired) electrons. The van der Waals surface area contributed by atoms with Crippen LogP contribution in [0.15, 0.2) is 16.8 Å². The Balaban J connectivity index is 1.62. The third-order valence-corrected chi connectivity index (χ3v) is 3.99. The third-order valence-electron chi connectivity index (χ3n) is 3.99. The summed E-state index contributed by atoms with van der Waals surface area (Å²) in [7, 11) is 0.